The third-order valence-corrected chi connectivity index (χ3v) is 2.68. The third-order valence-electron chi connectivity index (χ3n) is 2.68. The number of nitrogens with zero attached hydrogens (tertiary/aromatic N) is 2. The van der Waals surface area contributed by atoms with E-state index in [1.807, 2.05) is 13.0 Å². The Morgan fingerprint density at radius 3 is 2.90 bits per heavy atom. The second kappa shape index (κ2) is 6.04. The highest BCUT2D eigenvalue weighted by Gasteiger charge is 2.12. The first kappa shape index (κ1) is 13.8. The summed E-state index contributed by atoms with van der Waals surface area (Å²) in [6, 6.07) is 7.12. The number of aryl methyl sites for hydroxylation is 2. The van der Waals surface area contributed by atoms with Crippen molar-refractivity contribution >= 4 is 11.7 Å². The smallest absolute Gasteiger partial charge is 0.258 e. The Bertz CT molecular complexity index is 693. The molecule has 0 unspecified atom stereocenters. The van der Waals surface area contributed by atoms with Gasteiger partial charge in [0.05, 0.1) is 5.56 Å². The summed E-state index contributed by atoms with van der Waals surface area (Å²) in [6.07, 6.45) is 1.75. The fourth-order valence-electron chi connectivity index (χ4n) is 1.76. The van der Waals surface area contributed by atoms with Crippen LogP contribution in [0.3, 0.4) is 0 Å². The van der Waals surface area contributed by atoms with Crippen LogP contribution in [-0.4, -0.2) is 27.4 Å². The van der Waals surface area contributed by atoms with Crippen LogP contribution in [0.1, 0.15) is 21.5 Å². The first-order chi connectivity index (χ1) is 9.60. The molecule has 1 aromatic heterocycles. The first-order valence-electron chi connectivity index (χ1n) is 6.11. The van der Waals surface area contributed by atoms with Gasteiger partial charge < -0.3 is 10.4 Å². The molecule has 2 aromatic rings. The lowest BCUT2D eigenvalue weighted by Crippen LogP contribution is -2.14. The average molecular weight is 269 g/mol. The van der Waals surface area contributed by atoms with Gasteiger partial charge in [0, 0.05) is 24.9 Å². The third kappa shape index (κ3) is 3.25. The summed E-state index contributed by atoms with van der Waals surface area (Å²) in [5.74, 6) is 5.55. The molecule has 0 aliphatic heterocycles. The van der Waals surface area contributed by atoms with E-state index < -0.39 is 0 Å². The van der Waals surface area contributed by atoms with Crippen molar-refractivity contribution in [1.82, 2.24) is 9.78 Å². The number of carbonyl (C=O) groups excluding carboxylic acids is 1. The van der Waals surface area contributed by atoms with E-state index in [0.29, 0.717) is 16.9 Å². The lowest BCUT2D eigenvalue weighted by atomic mass is 10.0. The molecule has 0 radical (unpaired) electrons. The Hall–Kier alpha value is -2.58. The Labute approximate surface area is 117 Å². The summed E-state index contributed by atoms with van der Waals surface area (Å²) in [5.41, 5.74) is 2.01. The molecule has 0 bridgehead atoms. The van der Waals surface area contributed by atoms with Gasteiger partial charge in [0.2, 0.25) is 0 Å². The van der Waals surface area contributed by atoms with E-state index in [-0.39, 0.29) is 12.5 Å². The lowest BCUT2D eigenvalue weighted by Gasteiger charge is -2.06. The lowest BCUT2D eigenvalue weighted by molar-refractivity contribution is 0.102. The zero-order chi connectivity index (χ0) is 14.5. The van der Waals surface area contributed by atoms with Crippen LogP contribution in [0.5, 0.6) is 0 Å². The highest BCUT2D eigenvalue weighted by molar-refractivity contribution is 6.05. The van der Waals surface area contributed by atoms with Gasteiger partial charge in [-0.05, 0) is 19.1 Å². The predicted molar refractivity (Wildman–Crippen MR) is 76.3 cm³/mol. The standard InChI is InChI=1S/C15H15N3O2/c1-11-5-6-12(4-3-9-19)13(10-11)15(20)16-14-7-8-18(2)17-14/h5-8,10,19H,9H2,1-2H3,(H,16,17,20). The average Bonchev–Trinajstić information content (AvgIpc) is 2.82. The largest absolute Gasteiger partial charge is 0.384 e. The summed E-state index contributed by atoms with van der Waals surface area (Å²) >= 11 is 0. The van der Waals surface area contributed by atoms with Crippen molar-refractivity contribution in [2.75, 3.05) is 11.9 Å². The maximum Gasteiger partial charge on any atom is 0.258 e. The maximum absolute atomic E-state index is 12.3. The summed E-state index contributed by atoms with van der Waals surface area (Å²) in [4.78, 5) is 12.3. The fourth-order valence-corrected chi connectivity index (χ4v) is 1.76. The van der Waals surface area contributed by atoms with E-state index in [0.717, 1.165) is 5.56 Å². The van der Waals surface area contributed by atoms with Gasteiger partial charge in [-0.1, -0.05) is 23.5 Å². The number of nitrogens with one attached hydrogen (secondary N) is 1. The van der Waals surface area contributed by atoms with Crippen LogP contribution < -0.4 is 5.32 Å². The second-order valence-corrected chi connectivity index (χ2v) is 4.34. The number of hydrogen-bond donors (Lipinski definition) is 2. The molecule has 1 aromatic carbocycles. The molecule has 102 valence electrons. The van der Waals surface area contributed by atoms with Gasteiger partial charge in [-0.3, -0.25) is 9.48 Å². The van der Waals surface area contributed by atoms with Crippen molar-refractivity contribution in [1.29, 1.82) is 0 Å². The predicted octanol–water partition coefficient (Wildman–Crippen LogP) is 1.32. The van der Waals surface area contributed by atoms with Crippen molar-refractivity contribution < 1.29 is 9.90 Å². The van der Waals surface area contributed by atoms with E-state index in [2.05, 4.69) is 22.3 Å². The van der Waals surface area contributed by atoms with Crippen LogP contribution in [0.25, 0.3) is 0 Å². The van der Waals surface area contributed by atoms with Gasteiger partial charge in [0.1, 0.15) is 6.61 Å². The van der Waals surface area contributed by atoms with Crippen molar-refractivity contribution in [2.24, 2.45) is 7.05 Å². The second-order valence-electron chi connectivity index (χ2n) is 4.34. The Kier molecular flexibility index (Phi) is 4.18. The number of hydrogen-bond acceptors (Lipinski definition) is 3. The van der Waals surface area contributed by atoms with Gasteiger partial charge >= 0.3 is 0 Å². The van der Waals surface area contributed by atoms with Gasteiger partial charge in [0.15, 0.2) is 5.82 Å². The molecule has 0 spiro atoms. The van der Waals surface area contributed by atoms with Crippen molar-refractivity contribution in [3.8, 4) is 11.8 Å². The molecule has 5 nitrogen and oxygen atoms in total. The highest BCUT2D eigenvalue weighted by Crippen LogP contribution is 2.13. The van der Waals surface area contributed by atoms with E-state index in [9.17, 15) is 4.79 Å². The van der Waals surface area contributed by atoms with Crippen molar-refractivity contribution in [3.05, 3.63) is 47.2 Å². The monoisotopic (exact) mass is 269 g/mol. The van der Waals surface area contributed by atoms with Crippen LogP contribution in [0.4, 0.5) is 5.82 Å². The molecule has 0 atom stereocenters. The molecule has 0 saturated heterocycles. The molecule has 1 amide bonds. The quantitative estimate of drug-likeness (QED) is 0.808. The number of benzene rings is 1. The van der Waals surface area contributed by atoms with E-state index in [1.54, 1.807) is 36.1 Å². The zero-order valence-electron chi connectivity index (χ0n) is 11.3. The molecule has 0 saturated carbocycles. The number of aliphatic hydroxyl groups is 1. The van der Waals surface area contributed by atoms with Gasteiger partial charge in [-0.25, -0.2) is 0 Å². The van der Waals surface area contributed by atoms with E-state index in [1.165, 1.54) is 0 Å². The van der Waals surface area contributed by atoms with E-state index in [4.69, 9.17) is 5.11 Å². The summed E-state index contributed by atoms with van der Waals surface area (Å²) < 4.78 is 1.61. The minimum Gasteiger partial charge on any atom is -0.384 e. The highest BCUT2D eigenvalue weighted by atomic mass is 16.2. The number of anilines is 1. The minimum absolute atomic E-state index is 0.241. The zero-order valence-corrected chi connectivity index (χ0v) is 11.3. The number of carbonyl (C=O) groups is 1. The Morgan fingerprint density at radius 1 is 1.45 bits per heavy atom. The van der Waals surface area contributed by atoms with Crippen molar-refractivity contribution in [2.45, 2.75) is 6.92 Å². The molecule has 2 N–H and O–H groups in total. The van der Waals surface area contributed by atoms with Crippen LogP contribution in [-0.2, 0) is 7.05 Å². The molecule has 5 heteroatoms. The summed E-state index contributed by atoms with van der Waals surface area (Å²) in [6.45, 7) is 1.66. The SMILES string of the molecule is Cc1ccc(C#CCO)c(C(=O)Nc2ccn(C)n2)c1. The fraction of sp³-hybridized carbons (Fsp3) is 0.200. The molecular weight excluding hydrogens is 254 g/mol. The Morgan fingerprint density at radius 2 is 2.25 bits per heavy atom. The Balaban J connectivity index is 2.30. The maximum atomic E-state index is 12.3. The van der Waals surface area contributed by atoms with Crippen molar-refractivity contribution in [3.63, 3.8) is 0 Å². The molecule has 0 aliphatic carbocycles. The van der Waals surface area contributed by atoms with Crippen LogP contribution in [0.15, 0.2) is 30.5 Å². The molecular formula is C15H15N3O2. The topological polar surface area (TPSA) is 67.2 Å². The molecule has 1 heterocycles. The number of amides is 1. The molecule has 0 fully saturated rings. The van der Waals surface area contributed by atoms with Gasteiger partial charge in [-0.2, -0.15) is 5.10 Å². The van der Waals surface area contributed by atoms with Gasteiger partial charge in [-0.15, -0.1) is 0 Å². The number of aromatic nitrogens is 2. The number of rotatable bonds is 2. The molecule has 20 heavy (non-hydrogen) atoms. The molecule has 2 rings (SSSR count). The van der Waals surface area contributed by atoms with Crippen LogP contribution in [0, 0.1) is 18.8 Å². The first-order valence-corrected chi connectivity index (χ1v) is 6.11. The normalized spacial score (nSPS) is 9.75. The summed E-state index contributed by atoms with van der Waals surface area (Å²) in [5, 5.41) is 15.6. The van der Waals surface area contributed by atoms with E-state index >= 15 is 0 Å². The van der Waals surface area contributed by atoms with Crippen LogP contribution >= 0.6 is 0 Å². The number of aliphatic hydroxyl groups excluding tert-OH is 1. The molecule has 0 aliphatic rings. The minimum atomic E-state index is -0.269. The van der Waals surface area contributed by atoms with Gasteiger partial charge in [0.25, 0.3) is 5.91 Å². The van der Waals surface area contributed by atoms with Crippen LogP contribution in [0.2, 0.25) is 0 Å². The summed E-state index contributed by atoms with van der Waals surface area (Å²) in [7, 11) is 1.78.